The predicted octanol–water partition coefficient (Wildman–Crippen LogP) is 3.56. The molecule has 1 aromatic carbocycles. The van der Waals surface area contributed by atoms with Gasteiger partial charge in [-0.05, 0) is 30.3 Å². The minimum absolute atomic E-state index is 0.170. The molecular weight excluding hydrogens is 296 g/mol. The maximum atomic E-state index is 12.2. The van der Waals surface area contributed by atoms with Crippen molar-refractivity contribution in [1.82, 2.24) is 9.97 Å². The Morgan fingerprint density at radius 1 is 1.18 bits per heavy atom. The Labute approximate surface area is 132 Å². The van der Waals surface area contributed by atoms with E-state index in [1.807, 2.05) is 47.7 Å². The Morgan fingerprint density at radius 2 is 2.05 bits per heavy atom. The van der Waals surface area contributed by atoms with Crippen LogP contribution >= 0.6 is 11.3 Å². The monoisotopic (exact) mass is 310 g/mol. The van der Waals surface area contributed by atoms with Gasteiger partial charge in [0.25, 0.3) is 5.91 Å². The molecule has 0 saturated heterocycles. The molecule has 0 saturated carbocycles. The van der Waals surface area contributed by atoms with Gasteiger partial charge in [0.2, 0.25) is 0 Å². The highest BCUT2D eigenvalue weighted by Crippen LogP contribution is 2.23. The molecule has 22 heavy (non-hydrogen) atoms. The molecule has 0 atom stereocenters. The van der Waals surface area contributed by atoms with Gasteiger partial charge in [0, 0.05) is 36.1 Å². The molecule has 1 amide bonds. The first kappa shape index (κ1) is 14.2. The van der Waals surface area contributed by atoms with Crippen molar-refractivity contribution in [2.24, 2.45) is 0 Å². The van der Waals surface area contributed by atoms with Crippen molar-refractivity contribution in [3.63, 3.8) is 0 Å². The molecule has 0 spiro atoms. The van der Waals surface area contributed by atoms with Crippen LogP contribution in [0.15, 0.2) is 60.4 Å². The fourth-order valence-electron chi connectivity index (χ4n) is 2.01. The highest BCUT2D eigenvalue weighted by atomic mass is 32.1. The third-order valence-electron chi connectivity index (χ3n) is 3.18. The smallest absolute Gasteiger partial charge is 0.257 e. The van der Waals surface area contributed by atoms with Gasteiger partial charge in [-0.25, -0.2) is 4.98 Å². The lowest BCUT2D eigenvalue weighted by Gasteiger charge is -2.19. The summed E-state index contributed by atoms with van der Waals surface area (Å²) in [5, 5.41) is 5.20. The third-order valence-corrected chi connectivity index (χ3v) is 3.87. The molecule has 0 aliphatic rings. The largest absolute Gasteiger partial charge is 0.343 e. The lowest BCUT2D eigenvalue weighted by molar-refractivity contribution is 0.102. The van der Waals surface area contributed by atoms with Gasteiger partial charge >= 0.3 is 0 Å². The van der Waals surface area contributed by atoms with Crippen LogP contribution in [0.1, 0.15) is 10.4 Å². The van der Waals surface area contributed by atoms with Crippen molar-refractivity contribution in [3.8, 4) is 0 Å². The number of carbonyl (C=O) groups excluding carboxylic acids is 1. The second kappa shape index (κ2) is 6.36. The summed E-state index contributed by atoms with van der Waals surface area (Å²) in [6.45, 7) is 0. The van der Waals surface area contributed by atoms with E-state index < -0.39 is 0 Å². The number of hydrogen-bond donors (Lipinski definition) is 1. The molecule has 0 fully saturated rings. The van der Waals surface area contributed by atoms with E-state index in [9.17, 15) is 4.79 Å². The molecular formula is C16H14N4OS. The van der Waals surface area contributed by atoms with Crippen LogP contribution < -0.4 is 10.2 Å². The van der Waals surface area contributed by atoms with Crippen molar-refractivity contribution >= 4 is 33.8 Å². The van der Waals surface area contributed by atoms with Crippen molar-refractivity contribution in [3.05, 3.63) is 65.9 Å². The van der Waals surface area contributed by atoms with Crippen LogP contribution in [0.4, 0.5) is 16.5 Å². The Balaban J connectivity index is 1.82. The van der Waals surface area contributed by atoms with E-state index in [0.717, 1.165) is 11.4 Å². The van der Waals surface area contributed by atoms with Gasteiger partial charge in [0.05, 0.1) is 11.9 Å². The summed E-state index contributed by atoms with van der Waals surface area (Å²) in [6, 6.07) is 11.3. The number of thiazole rings is 1. The van der Waals surface area contributed by atoms with Gasteiger partial charge in [-0.2, -0.15) is 0 Å². The fourth-order valence-corrected chi connectivity index (χ4v) is 2.54. The Bertz CT molecular complexity index is 759. The lowest BCUT2D eigenvalue weighted by atomic mass is 10.1. The lowest BCUT2D eigenvalue weighted by Crippen LogP contribution is -2.14. The zero-order chi connectivity index (χ0) is 15.4. The molecule has 0 aliphatic carbocycles. The molecule has 3 rings (SSSR count). The summed E-state index contributed by atoms with van der Waals surface area (Å²) < 4.78 is 0. The molecule has 0 aliphatic heterocycles. The molecule has 3 aromatic rings. The Hall–Kier alpha value is -2.73. The van der Waals surface area contributed by atoms with Gasteiger partial charge in [0.15, 0.2) is 5.13 Å². The number of rotatable bonds is 4. The summed E-state index contributed by atoms with van der Waals surface area (Å²) in [7, 11) is 1.94. The summed E-state index contributed by atoms with van der Waals surface area (Å²) in [5.41, 5.74) is 2.46. The zero-order valence-corrected chi connectivity index (χ0v) is 12.7. The quantitative estimate of drug-likeness (QED) is 0.800. The number of nitrogens with zero attached hydrogens (tertiary/aromatic N) is 3. The van der Waals surface area contributed by atoms with E-state index in [2.05, 4.69) is 15.3 Å². The van der Waals surface area contributed by atoms with E-state index in [1.165, 1.54) is 11.3 Å². The number of pyridine rings is 1. The maximum Gasteiger partial charge on any atom is 0.257 e. The summed E-state index contributed by atoms with van der Waals surface area (Å²) in [5.74, 6) is -0.170. The van der Waals surface area contributed by atoms with Gasteiger partial charge < -0.3 is 4.90 Å². The number of anilines is 3. The standard InChI is InChI=1S/C16H14N4OS/c1-20(14-6-3-7-17-11-14)13-5-2-4-12(10-13)15(21)19-16-18-8-9-22-16/h2-11H,1H3,(H,18,19,21). The molecule has 2 heterocycles. The fraction of sp³-hybridized carbons (Fsp3) is 0.0625. The minimum Gasteiger partial charge on any atom is -0.343 e. The zero-order valence-electron chi connectivity index (χ0n) is 11.9. The highest BCUT2D eigenvalue weighted by Gasteiger charge is 2.10. The van der Waals surface area contributed by atoms with Crippen molar-refractivity contribution in [1.29, 1.82) is 0 Å². The number of hydrogen-bond acceptors (Lipinski definition) is 5. The molecule has 0 bridgehead atoms. The molecule has 5 nitrogen and oxygen atoms in total. The van der Waals surface area contributed by atoms with Crippen LogP contribution in [-0.4, -0.2) is 22.9 Å². The number of amides is 1. The third kappa shape index (κ3) is 3.12. The van der Waals surface area contributed by atoms with E-state index >= 15 is 0 Å². The van der Waals surface area contributed by atoms with E-state index in [4.69, 9.17) is 0 Å². The molecule has 110 valence electrons. The molecule has 1 N–H and O–H groups in total. The molecule has 2 aromatic heterocycles. The molecule has 0 unspecified atom stereocenters. The van der Waals surface area contributed by atoms with Gasteiger partial charge in [-0.3, -0.25) is 15.1 Å². The maximum absolute atomic E-state index is 12.2. The van der Waals surface area contributed by atoms with Crippen LogP contribution in [0.25, 0.3) is 0 Å². The number of carbonyl (C=O) groups is 1. The first-order valence-electron chi connectivity index (χ1n) is 6.69. The summed E-state index contributed by atoms with van der Waals surface area (Å²) in [4.78, 5) is 22.4. The van der Waals surface area contributed by atoms with Gasteiger partial charge in [-0.1, -0.05) is 6.07 Å². The number of benzene rings is 1. The average Bonchev–Trinajstić information content (AvgIpc) is 3.08. The van der Waals surface area contributed by atoms with Crippen LogP contribution in [0.5, 0.6) is 0 Å². The van der Waals surface area contributed by atoms with Crippen molar-refractivity contribution in [2.75, 3.05) is 17.3 Å². The van der Waals surface area contributed by atoms with Gasteiger partial charge in [-0.15, -0.1) is 11.3 Å². The number of aromatic nitrogens is 2. The van der Waals surface area contributed by atoms with E-state index in [1.54, 1.807) is 24.7 Å². The molecule has 6 heteroatoms. The SMILES string of the molecule is CN(c1cccnc1)c1cccc(C(=O)Nc2nccs2)c1. The Morgan fingerprint density at radius 3 is 2.77 bits per heavy atom. The minimum atomic E-state index is -0.170. The van der Waals surface area contributed by atoms with Crippen molar-refractivity contribution < 1.29 is 4.79 Å². The van der Waals surface area contributed by atoms with E-state index in [0.29, 0.717) is 10.7 Å². The first-order chi connectivity index (χ1) is 10.7. The van der Waals surface area contributed by atoms with Crippen LogP contribution in [0, 0.1) is 0 Å². The second-order valence-electron chi connectivity index (χ2n) is 4.61. The van der Waals surface area contributed by atoms with Crippen LogP contribution in [0.3, 0.4) is 0 Å². The highest BCUT2D eigenvalue weighted by molar-refractivity contribution is 7.13. The normalized spacial score (nSPS) is 10.2. The number of nitrogens with one attached hydrogen (secondary N) is 1. The van der Waals surface area contributed by atoms with Gasteiger partial charge in [0.1, 0.15) is 0 Å². The van der Waals surface area contributed by atoms with E-state index in [-0.39, 0.29) is 5.91 Å². The molecule has 0 radical (unpaired) electrons. The van der Waals surface area contributed by atoms with Crippen molar-refractivity contribution in [2.45, 2.75) is 0 Å². The summed E-state index contributed by atoms with van der Waals surface area (Å²) in [6.07, 6.45) is 5.17. The predicted molar refractivity (Wildman–Crippen MR) is 88.8 cm³/mol. The first-order valence-corrected chi connectivity index (χ1v) is 7.56. The second-order valence-corrected chi connectivity index (χ2v) is 5.51. The summed E-state index contributed by atoms with van der Waals surface area (Å²) >= 11 is 1.39. The van der Waals surface area contributed by atoms with Crippen LogP contribution in [0.2, 0.25) is 0 Å². The topological polar surface area (TPSA) is 58.1 Å². The Kier molecular flexibility index (Phi) is 4.11. The average molecular weight is 310 g/mol. The van der Waals surface area contributed by atoms with Crippen LogP contribution in [-0.2, 0) is 0 Å².